The highest BCUT2D eigenvalue weighted by Gasteiger charge is 2.32. The molecule has 1 aromatic rings. The third-order valence-corrected chi connectivity index (χ3v) is 4.04. The first-order valence-electron chi connectivity index (χ1n) is 5.94. The third-order valence-electron chi connectivity index (χ3n) is 3.43. The molecule has 0 aromatic heterocycles. The van der Waals surface area contributed by atoms with Crippen molar-refractivity contribution in [3.63, 3.8) is 0 Å². The van der Waals surface area contributed by atoms with Crippen molar-refractivity contribution < 1.29 is 13.9 Å². The Morgan fingerprint density at radius 3 is 2.83 bits per heavy atom. The predicted octanol–water partition coefficient (Wildman–Crippen LogP) is 3.02. The minimum Gasteiger partial charge on any atom is -0.496 e. The Morgan fingerprint density at radius 1 is 1.56 bits per heavy atom. The highest BCUT2D eigenvalue weighted by Crippen LogP contribution is 2.36. The molecule has 100 valence electrons. The molecule has 3 nitrogen and oxygen atoms in total. The molecule has 1 aliphatic heterocycles. The van der Waals surface area contributed by atoms with Crippen LogP contribution in [0.4, 0.5) is 4.39 Å². The van der Waals surface area contributed by atoms with Gasteiger partial charge in [0.25, 0.3) is 0 Å². The molecule has 0 radical (unpaired) electrons. The molecule has 1 aromatic carbocycles. The Bertz CT molecular complexity index is 441. The van der Waals surface area contributed by atoms with Crippen LogP contribution in [0.1, 0.15) is 24.9 Å². The van der Waals surface area contributed by atoms with Crippen molar-refractivity contribution >= 4 is 15.9 Å². The molecule has 3 unspecified atom stereocenters. The number of ether oxygens (including phenoxy) is 2. The van der Waals surface area contributed by atoms with E-state index < -0.39 is 0 Å². The van der Waals surface area contributed by atoms with Gasteiger partial charge in [0.1, 0.15) is 11.6 Å². The topological polar surface area (TPSA) is 44.5 Å². The molecular weight excluding hydrogens is 301 g/mol. The molecule has 0 aliphatic carbocycles. The first-order valence-corrected chi connectivity index (χ1v) is 6.74. The number of hydrogen-bond donors (Lipinski definition) is 1. The van der Waals surface area contributed by atoms with Gasteiger partial charge in [-0.15, -0.1) is 0 Å². The highest BCUT2D eigenvalue weighted by molar-refractivity contribution is 9.10. The summed E-state index contributed by atoms with van der Waals surface area (Å²) in [6.45, 7) is 2.84. The number of hydrogen-bond acceptors (Lipinski definition) is 3. The predicted molar refractivity (Wildman–Crippen MR) is 71.1 cm³/mol. The van der Waals surface area contributed by atoms with Crippen molar-refractivity contribution in [2.45, 2.75) is 25.5 Å². The number of nitrogens with two attached hydrogens (primary N) is 1. The second-order valence-corrected chi connectivity index (χ2v) is 5.49. The molecule has 3 atom stereocenters. The van der Waals surface area contributed by atoms with Gasteiger partial charge in [0.05, 0.1) is 23.7 Å². The van der Waals surface area contributed by atoms with Gasteiger partial charge in [-0.1, -0.05) is 6.92 Å². The maximum absolute atomic E-state index is 13.5. The van der Waals surface area contributed by atoms with Gasteiger partial charge < -0.3 is 15.2 Å². The molecule has 0 bridgehead atoms. The molecule has 0 amide bonds. The Balaban J connectivity index is 2.34. The van der Waals surface area contributed by atoms with Gasteiger partial charge in [-0.3, -0.25) is 0 Å². The van der Waals surface area contributed by atoms with E-state index in [0.717, 1.165) is 18.6 Å². The quantitative estimate of drug-likeness (QED) is 0.932. The summed E-state index contributed by atoms with van der Waals surface area (Å²) in [5, 5.41) is 0. The maximum Gasteiger partial charge on any atom is 0.141 e. The fourth-order valence-corrected chi connectivity index (χ4v) is 2.70. The average Bonchev–Trinajstić information content (AvgIpc) is 2.77. The lowest BCUT2D eigenvalue weighted by molar-refractivity contribution is 0.0717. The lowest BCUT2D eigenvalue weighted by Gasteiger charge is -2.24. The van der Waals surface area contributed by atoms with E-state index in [-0.39, 0.29) is 18.0 Å². The Hall–Kier alpha value is -0.650. The summed E-state index contributed by atoms with van der Waals surface area (Å²) in [6, 6.07) is 2.71. The van der Waals surface area contributed by atoms with E-state index in [4.69, 9.17) is 15.2 Å². The van der Waals surface area contributed by atoms with E-state index in [0.29, 0.717) is 16.1 Å². The van der Waals surface area contributed by atoms with Crippen LogP contribution in [0, 0.1) is 11.7 Å². The largest absolute Gasteiger partial charge is 0.496 e. The molecular formula is C13H17BrFNO2. The fourth-order valence-electron chi connectivity index (χ4n) is 2.33. The van der Waals surface area contributed by atoms with Crippen molar-refractivity contribution in [1.82, 2.24) is 0 Å². The highest BCUT2D eigenvalue weighted by atomic mass is 79.9. The van der Waals surface area contributed by atoms with Crippen LogP contribution in [0.5, 0.6) is 5.75 Å². The molecule has 1 aliphatic rings. The summed E-state index contributed by atoms with van der Waals surface area (Å²) >= 11 is 3.17. The standard InChI is InChI=1S/C13H17BrFNO2/c1-7-3-4-18-13(7)12(16)8-5-9(14)10(15)6-11(8)17-2/h5-7,12-13H,3-4,16H2,1-2H3. The number of benzene rings is 1. The van der Waals surface area contributed by atoms with Gasteiger partial charge in [-0.2, -0.15) is 0 Å². The number of halogens is 2. The molecule has 1 fully saturated rings. The summed E-state index contributed by atoms with van der Waals surface area (Å²) < 4.78 is 24.7. The van der Waals surface area contributed by atoms with E-state index in [2.05, 4.69) is 22.9 Å². The number of rotatable bonds is 3. The van der Waals surface area contributed by atoms with Crippen molar-refractivity contribution in [3.05, 3.63) is 28.0 Å². The van der Waals surface area contributed by atoms with Gasteiger partial charge in [0.2, 0.25) is 0 Å². The zero-order chi connectivity index (χ0) is 13.3. The summed E-state index contributed by atoms with van der Waals surface area (Å²) in [6.07, 6.45) is 0.958. The van der Waals surface area contributed by atoms with Crippen LogP contribution in [0.2, 0.25) is 0 Å². The van der Waals surface area contributed by atoms with E-state index >= 15 is 0 Å². The lowest BCUT2D eigenvalue weighted by Crippen LogP contribution is -2.30. The second kappa shape index (κ2) is 5.55. The zero-order valence-corrected chi connectivity index (χ0v) is 12.0. The molecule has 2 rings (SSSR count). The first-order chi connectivity index (χ1) is 8.54. The minimum atomic E-state index is -0.358. The van der Waals surface area contributed by atoms with Crippen molar-refractivity contribution in [1.29, 1.82) is 0 Å². The van der Waals surface area contributed by atoms with E-state index in [1.807, 2.05) is 0 Å². The Kier molecular flexibility index (Phi) is 4.25. The van der Waals surface area contributed by atoms with Crippen LogP contribution in [-0.2, 0) is 4.74 Å². The molecule has 2 N–H and O–H groups in total. The summed E-state index contributed by atoms with van der Waals surface area (Å²) in [5.41, 5.74) is 7.01. The second-order valence-electron chi connectivity index (χ2n) is 4.64. The van der Waals surface area contributed by atoms with Crippen molar-refractivity contribution in [3.8, 4) is 5.75 Å². The van der Waals surface area contributed by atoms with Gasteiger partial charge in [0.15, 0.2) is 0 Å². The third kappa shape index (κ3) is 2.53. The van der Waals surface area contributed by atoms with Gasteiger partial charge >= 0.3 is 0 Å². The Morgan fingerprint density at radius 2 is 2.28 bits per heavy atom. The van der Waals surface area contributed by atoms with Crippen LogP contribution in [-0.4, -0.2) is 19.8 Å². The Labute approximate surface area is 115 Å². The SMILES string of the molecule is COc1cc(F)c(Br)cc1C(N)C1OCCC1C. The molecule has 1 saturated heterocycles. The van der Waals surface area contributed by atoms with Crippen LogP contribution in [0.25, 0.3) is 0 Å². The lowest BCUT2D eigenvalue weighted by atomic mass is 9.92. The van der Waals surface area contributed by atoms with E-state index in [1.54, 1.807) is 6.07 Å². The average molecular weight is 318 g/mol. The molecule has 0 spiro atoms. The summed E-state index contributed by atoms with van der Waals surface area (Å²) in [4.78, 5) is 0. The van der Waals surface area contributed by atoms with Gasteiger partial charge in [-0.25, -0.2) is 4.39 Å². The molecule has 1 heterocycles. The van der Waals surface area contributed by atoms with Crippen molar-refractivity contribution in [2.75, 3.05) is 13.7 Å². The van der Waals surface area contributed by atoms with Crippen molar-refractivity contribution in [2.24, 2.45) is 11.7 Å². The molecule has 18 heavy (non-hydrogen) atoms. The zero-order valence-electron chi connectivity index (χ0n) is 10.5. The molecule has 5 heteroatoms. The molecule has 0 saturated carbocycles. The number of methoxy groups -OCH3 is 1. The van der Waals surface area contributed by atoms with Gasteiger partial charge in [-0.05, 0) is 34.3 Å². The van der Waals surface area contributed by atoms with Crippen LogP contribution in [0.15, 0.2) is 16.6 Å². The summed E-state index contributed by atoms with van der Waals surface area (Å²) in [5.74, 6) is 0.502. The minimum absolute atomic E-state index is 0.0451. The summed E-state index contributed by atoms with van der Waals surface area (Å²) in [7, 11) is 1.51. The first kappa shape index (κ1) is 13.8. The van der Waals surface area contributed by atoms with Crippen LogP contribution >= 0.6 is 15.9 Å². The van der Waals surface area contributed by atoms with E-state index in [1.165, 1.54) is 13.2 Å². The van der Waals surface area contributed by atoms with Crippen LogP contribution in [0.3, 0.4) is 0 Å². The van der Waals surface area contributed by atoms with E-state index in [9.17, 15) is 4.39 Å². The van der Waals surface area contributed by atoms with Gasteiger partial charge in [0, 0.05) is 18.2 Å². The smallest absolute Gasteiger partial charge is 0.141 e. The van der Waals surface area contributed by atoms with Crippen LogP contribution < -0.4 is 10.5 Å². The normalized spacial score (nSPS) is 25.2. The maximum atomic E-state index is 13.5. The monoisotopic (exact) mass is 317 g/mol. The fraction of sp³-hybridized carbons (Fsp3) is 0.538.